The van der Waals surface area contributed by atoms with Crippen LogP contribution in [0.3, 0.4) is 0 Å². The van der Waals surface area contributed by atoms with E-state index in [-0.39, 0.29) is 6.23 Å². The third-order valence-corrected chi connectivity index (χ3v) is 0.372. The van der Waals surface area contributed by atoms with E-state index >= 15 is 0 Å². The van der Waals surface area contributed by atoms with Crippen LogP contribution in [0.15, 0.2) is 0 Å². The summed E-state index contributed by atoms with van der Waals surface area (Å²) in [6, 6.07) is 0. The molecule has 10 heavy (non-hydrogen) atoms. The van der Waals surface area contributed by atoms with E-state index in [1.807, 2.05) is 0 Å². The first-order valence-electron chi connectivity index (χ1n) is 2.25. The van der Waals surface area contributed by atoms with E-state index in [9.17, 15) is 0 Å². The zero-order chi connectivity index (χ0) is 8.78. The van der Waals surface area contributed by atoms with Gasteiger partial charge in [0.05, 0.1) is 0 Å². The highest BCUT2D eigenvalue weighted by atomic mass is 32.3. The van der Waals surface area contributed by atoms with Gasteiger partial charge in [0.15, 0.2) is 0 Å². The summed E-state index contributed by atoms with van der Waals surface area (Å²) in [5, 5.41) is 0. The molecule has 0 saturated heterocycles. The fourth-order valence-corrected chi connectivity index (χ4v) is 0. The molecular formula is C3H11NO5S. The maximum Gasteiger partial charge on any atom is 0.394 e. The van der Waals surface area contributed by atoms with Gasteiger partial charge in [0, 0.05) is 7.11 Å². The lowest BCUT2D eigenvalue weighted by Crippen LogP contribution is -2.15. The zero-order valence-electron chi connectivity index (χ0n) is 5.68. The third-order valence-electron chi connectivity index (χ3n) is 0.372. The van der Waals surface area contributed by atoms with E-state index in [0.717, 1.165) is 0 Å². The summed E-state index contributed by atoms with van der Waals surface area (Å²) < 4.78 is 36.1. The van der Waals surface area contributed by atoms with Gasteiger partial charge in [-0.3, -0.25) is 9.11 Å². The van der Waals surface area contributed by atoms with Gasteiger partial charge in [0.1, 0.15) is 6.23 Å². The van der Waals surface area contributed by atoms with Crippen LogP contribution in [0.2, 0.25) is 0 Å². The highest BCUT2D eigenvalue weighted by Gasteiger charge is 1.84. The molecule has 0 radical (unpaired) electrons. The van der Waals surface area contributed by atoms with Gasteiger partial charge in [-0.1, -0.05) is 0 Å². The molecule has 0 rings (SSSR count). The highest BCUT2D eigenvalue weighted by Crippen LogP contribution is 1.66. The number of ether oxygens (including phenoxy) is 1. The van der Waals surface area contributed by atoms with Crippen LogP contribution in [0, 0.1) is 0 Å². The Hall–Kier alpha value is -0.210. The van der Waals surface area contributed by atoms with Crippen LogP contribution in [0.1, 0.15) is 6.92 Å². The van der Waals surface area contributed by atoms with Crippen molar-refractivity contribution in [3.05, 3.63) is 0 Å². The molecule has 1 atom stereocenters. The number of nitrogens with two attached hydrogens (primary N) is 1. The summed E-state index contributed by atoms with van der Waals surface area (Å²) in [4.78, 5) is 0. The molecule has 0 fully saturated rings. The molecule has 4 N–H and O–H groups in total. The van der Waals surface area contributed by atoms with E-state index < -0.39 is 10.4 Å². The van der Waals surface area contributed by atoms with Crippen molar-refractivity contribution in [2.24, 2.45) is 5.73 Å². The predicted octanol–water partition coefficient (Wildman–Crippen LogP) is -0.715. The number of rotatable bonds is 1. The first kappa shape index (κ1) is 12.5. The molecule has 7 heteroatoms. The molecule has 0 spiro atoms. The Bertz CT molecular complexity index is 142. The molecule has 0 aromatic rings. The Morgan fingerprint density at radius 3 is 1.60 bits per heavy atom. The van der Waals surface area contributed by atoms with Crippen molar-refractivity contribution in [2.75, 3.05) is 7.11 Å². The van der Waals surface area contributed by atoms with Gasteiger partial charge in [-0.2, -0.15) is 8.42 Å². The fraction of sp³-hybridized carbons (Fsp3) is 1.00. The molecule has 0 saturated carbocycles. The molecule has 64 valence electrons. The minimum absolute atomic E-state index is 0.116. The molecular weight excluding hydrogens is 162 g/mol. The Morgan fingerprint density at radius 2 is 1.60 bits per heavy atom. The van der Waals surface area contributed by atoms with Crippen molar-refractivity contribution in [2.45, 2.75) is 13.2 Å². The van der Waals surface area contributed by atoms with Crippen LogP contribution in [0.4, 0.5) is 0 Å². The largest absolute Gasteiger partial charge is 0.394 e. The lowest BCUT2D eigenvalue weighted by molar-refractivity contribution is 0.124. The third kappa shape index (κ3) is 112. The Kier molecular flexibility index (Phi) is 6.94. The van der Waals surface area contributed by atoms with Crippen LogP contribution in [0.25, 0.3) is 0 Å². The molecule has 0 aliphatic heterocycles. The number of hydrogen-bond donors (Lipinski definition) is 3. The Labute approximate surface area is 59.6 Å². The fourth-order valence-electron chi connectivity index (χ4n) is 0. The van der Waals surface area contributed by atoms with Crippen molar-refractivity contribution < 1.29 is 22.3 Å². The van der Waals surface area contributed by atoms with E-state index in [1.54, 1.807) is 14.0 Å². The Balaban J connectivity index is 0. The quantitative estimate of drug-likeness (QED) is 0.356. The van der Waals surface area contributed by atoms with Crippen molar-refractivity contribution in [1.29, 1.82) is 0 Å². The standard InChI is InChI=1S/C3H9NO.H2O4S/c1-3(4)5-2;1-5(2,3)4/h3H,4H2,1-2H3;(H2,1,2,3,4). The van der Waals surface area contributed by atoms with Crippen LogP contribution in [-0.2, 0) is 15.1 Å². The second-order valence-electron chi connectivity index (χ2n) is 1.39. The first-order valence-corrected chi connectivity index (χ1v) is 3.65. The van der Waals surface area contributed by atoms with Crippen LogP contribution in [-0.4, -0.2) is 30.9 Å². The molecule has 0 amide bonds. The zero-order valence-corrected chi connectivity index (χ0v) is 6.50. The number of hydrogen-bond acceptors (Lipinski definition) is 4. The van der Waals surface area contributed by atoms with Gasteiger partial charge < -0.3 is 10.5 Å². The van der Waals surface area contributed by atoms with E-state index in [1.165, 1.54) is 0 Å². The second kappa shape index (κ2) is 5.57. The van der Waals surface area contributed by atoms with Gasteiger partial charge in [0.25, 0.3) is 0 Å². The molecule has 0 aliphatic rings. The van der Waals surface area contributed by atoms with Gasteiger partial charge >= 0.3 is 10.4 Å². The summed E-state index contributed by atoms with van der Waals surface area (Å²) in [5.74, 6) is 0. The smallest absolute Gasteiger partial charge is 0.367 e. The van der Waals surface area contributed by atoms with Gasteiger partial charge in [0.2, 0.25) is 0 Å². The van der Waals surface area contributed by atoms with Crippen molar-refractivity contribution in [3.8, 4) is 0 Å². The van der Waals surface area contributed by atoms with Crippen molar-refractivity contribution >= 4 is 10.4 Å². The number of methoxy groups -OCH3 is 1. The molecule has 0 heterocycles. The molecule has 0 aliphatic carbocycles. The summed E-state index contributed by atoms with van der Waals surface area (Å²) in [6.07, 6.45) is -0.116. The summed E-state index contributed by atoms with van der Waals surface area (Å²) >= 11 is 0. The lowest BCUT2D eigenvalue weighted by atomic mass is 10.7. The first-order chi connectivity index (χ1) is 4.27. The lowest BCUT2D eigenvalue weighted by Gasteiger charge is -1.95. The van der Waals surface area contributed by atoms with Gasteiger partial charge in [-0.15, -0.1) is 0 Å². The van der Waals surface area contributed by atoms with Crippen molar-refractivity contribution in [1.82, 2.24) is 0 Å². The maximum absolute atomic E-state index is 8.74. The minimum Gasteiger partial charge on any atom is -0.367 e. The minimum atomic E-state index is -4.67. The van der Waals surface area contributed by atoms with Crippen LogP contribution >= 0.6 is 0 Å². The summed E-state index contributed by atoms with van der Waals surface area (Å²) in [6.45, 7) is 1.78. The monoisotopic (exact) mass is 173 g/mol. The van der Waals surface area contributed by atoms with E-state index in [0.29, 0.717) is 0 Å². The maximum atomic E-state index is 8.74. The normalized spacial score (nSPS) is 13.3. The summed E-state index contributed by atoms with van der Waals surface area (Å²) in [7, 11) is -3.09. The van der Waals surface area contributed by atoms with Crippen LogP contribution < -0.4 is 5.73 Å². The SMILES string of the molecule is COC(C)N.O=S(=O)(O)O. The summed E-state index contributed by atoms with van der Waals surface area (Å²) in [5.41, 5.74) is 5.07. The van der Waals surface area contributed by atoms with Gasteiger partial charge in [-0.25, -0.2) is 0 Å². The topological polar surface area (TPSA) is 110 Å². The predicted molar refractivity (Wildman–Crippen MR) is 34.8 cm³/mol. The van der Waals surface area contributed by atoms with Crippen molar-refractivity contribution in [3.63, 3.8) is 0 Å². The average molecular weight is 173 g/mol. The van der Waals surface area contributed by atoms with Crippen LogP contribution in [0.5, 0.6) is 0 Å². The van der Waals surface area contributed by atoms with E-state index in [2.05, 4.69) is 4.74 Å². The molecule has 1 unspecified atom stereocenters. The molecule has 6 nitrogen and oxygen atoms in total. The van der Waals surface area contributed by atoms with E-state index in [4.69, 9.17) is 23.3 Å². The Morgan fingerprint density at radius 1 is 1.50 bits per heavy atom. The van der Waals surface area contributed by atoms with Gasteiger partial charge in [-0.05, 0) is 6.92 Å². The average Bonchev–Trinajstić information content (AvgIpc) is 1.61. The highest BCUT2D eigenvalue weighted by molar-refractivity contribution is 7.79. The molecule has 0 aromatic heterocycles. The molecule has 0 aromatic carbocycles. The molecule has 0 bridgehead atoms. The second-order valence-corrected chi connectivity index (χ2v) is 2.28.